The van der Waals surface area contributed by atoms with E-state index in [0.717, 1.165) is 25.8 Å². The summed E-state index contributed by atoms with van der Waals surface area (Å²) in [5, 5.41) is 2.16. The van der Waals surface area contributed by atoms with Crippen LogP contribution in [0.15, 0.2) is 23.6 Å². The summed E-state index contributed by atoms with van der Waals surface area (Å²) >= 11 is 1.26. The van der Waals surface area contributed by atoms with Crippen molar-refractivity contribution < 1.29 is 13.9 Å². The molecule has 0 bridgehead atoms. The van der Waals surface area contributed by atoms with Gasteiger partial charge in [-0.25, -0.2) is 9.37 Å². The summed E-state index contributed by atoms with van der Waals surface area (Å²) in [5.41, 5.74) is 0.690. The number of carbonyl (C=O) groups excluding carboxylic acids is 1. The minimum atomic E-state index is -0.399. The molecular weight excluding hydrogens is 315 g/mol. The largest absolute Gasteiger partial charge is 0.496 e. The maximum atomic E-state index is 14.1. The van der Waals surface area contributed by atoms with Gasteiger partial charge < -0.3 is 9.64 Å². The van der Waals surface area contributed by atoms with Crippen molar-refractivity contribution in [1.29, 1.82) is 0 Å². The van der Waals surface area contributed by atoms with E-state index in [9.17, 15) is 9.18 Å². The number of methoxy groups -OCH3 is 1. The second-order valence-corrected chi connectivity index (χ2v) is 6.56. The number of hydrogen-bond acceptors (Lipinski definition) is 4. The van der Waals surface area contributed by atoms with Gasteiger partial charge in [0, 0.05) is 18.0 Å². The zero-order valence-electron chi connectivity index (χ0n) is 13.2. The average molecular weight is 334 g/mol. The van der Waals surface area contributed by atoms with E-state index in [-0.39, 0.29) is 11.9 Å². The molecule has 1 aliphatic rings. The van der Waals surface area contributed by atoms with Gasteiger partial charge in [-0.2, -0.15) is 0 Å². The summed E-state index contributed by atoms with van der Waals surface area (Å²) in [4.78, 5) is 18.9. The predicted octanol–water partition coefficient (Wildman–Crippen LogP) is 3.97. The van der Waals surface area contributed by atoms with Gasteiger partial charge in [-0.15, -0.1) is 11.3 Å². The molecule has 1 aromatic heterocycles. The lowest BCUT2D eigenvalue weighted by Gasteiger charge is -2.32. The summed E-state index contributed by atoms with van der Waals surface area (Å²) in [6.45, 7) is 2.82. The minimum absolute atomic E-state index is 0.0741. The van der Waals surface area contributed by atoms with Gasteiger partial charge in [0.15, 0.2) is 0 Å². The molecule has 1 aromatic carbocycles. The number of halogens is 1. The Balaban J connectivity index is 1.90. The number of thiazole rings is 1. The molecule has 6 heteroatoms. The van der Waals surface area contributed by atoms with Crippen molar-refractivity contribution in [1.82, 2.24) is 9.88 Å². The molecule has 0 N–H and O–H groups in total. The molecule has 1 aliphatic heterocycles. The molecule has 0 radical (unpaired) electrons. The standard InChI is InChI=1S/C17H19FN2O2S/c1-11-6-3-4-9-20(11)17(21)13-10-23-16(19-13)15-12(18)7-5-8-14(15)22-2/h5,7-8,10-11H,3-4,6,9H2,1-2H3. The highest BCUT2D eigenvalue weighted by atomic mass is 32.1. The van der Waals surface area contributed by atoms with Crippen LogP contribution in [0.25, 0.3) is 10.6 Å². The zero-order chi connectivity index (χ0) is 16.4. The summed E-state index contributed by atoms with van der Waals surface area (Å²) in [6.07, 6.45) is 3.19. The molecule has 2 heterocycles. The third-order valence-corrected chi connectivity index (χ3v) is 5.06. The molecule has 1 fully saturated rings. The molecule has 2 aromatic rings. The Morgan fingerprint density at radius 2 is 2.26 bits per heavy atom. The molecule has 0 saturated carbocycles. The van der Waals surface area contributed by atoms with Crippen LogP contribution < -0.4 is 4.74 Å². The molecule has 1 amide bonds. The topological polar surface area (TPSA) is 42.4 Å². The van der Waals surface area contributed by atoms with Gasteiger partial charge in [-0.3, -0.25) is 4.79 Å². The fraction of sp³-hybridized carbons (Fsp3) is 0.412. The SMILES string of the molecule is COc1cccc(F)c1-c1nc(C(=O)N2CCCCC2C)cs1. The number of rotatable bonds is 3. The predicted molar refractivity (Wildman–Crippen MR) is 88.4 cm³/mol. The smallest absolute Gasteiger partial charge is 0.273 e. The molecular formula is C17H19FN2O2S. The highest BCUT2D eigenvalue weighted by molar-refractivity contribution is 7.13. The van der Waals surface area contributed by atoms with Gasteiger partial charge in [0.2, 0.25) is 0 Å². The number of ether oxygens (including phenoxy) is 1. The Labute approximate surface area is 138 Å². The first-order chi connectivity index (χ1) is 11.1. The number of amides is 1. The van der Waals surface area contributed by atoms with Crippen LogP contribution in [0.2, 0.25) is 0 Å². The number of aromatic nitrogens is 1. The molecule has 3 rings (SSSR count). The number of nitrogens with zero attached hydrogens (tertiary/aromatic N) is 2. The van der Waals surface area contributed by atoms with Crippen LogP contribution in [0.5, 0.6) is 5.75 Å². The van der Waals surface area contributed by atoms with Crippen molar-refractivity contribution in [3.05, 3.63) is 35.1 Å². The Bertz CT molecular complexity index is 716. The number of hydrogen-bond donors (Lipinski definition) is 0. The van der Waals surface area contributed by atoms with Crippen LogP contribution in [0.4, 0.5) is 4.39 Å². The lowest BCUT2D eigenvalue weighted by Crippen LogP contribution is -2.42. The summed E-state index contributed by atoms with van der Waals surface area (Å²) in [7, 11) is 1.49. The van der Waals surface area contributed by atoms with Crippen LogP contribution in [-0.2, 0) is 0 Å². The summed E-state index contributed by atoms with van der Waals surface area (Å²) in [5.74, 6) is -0.0521. The van der Waals surface area contributed by atoms with Crippen LogP contribution >= 0.6 is 11.3 Å². The third-order valence-electron chi connectivity index (χ3n) is 4.20. The van der Waals surface area contributed by atoms with E-state index in [4.69, 9.17) is 4.74 Å². The molecule has 1 saturated heterocycles. The van der Waals surface area contributed by atoms with E-state index in [0.29, 0.717) is 22.0 Å². The Hall–Kier alpha value is -1.95. The van der Waals surface area contributed by atoms with Crippen LogP contribution in [0.3, 0.4) is 0 Å². The van der Waals surface area contributed by atoms with E-state index in [1.807, 2.05) is 4.90 Å². The van der Waals surface area contributed by atoms with Gasteiger partial charge in [0.05, 0.1) is 12.7 Å². The van der Waals surface area contributed by atoms with Gasteiger partial charge in [0.1, 0.15) is 22.3 Å². The normalized spacial score (nSPS) is 18.0. The van der Waals surface area contributed by atoms with E-state index >= 15 is 0 Å². The quantitative estimate of drug-likeness (QED) is 0.853. The molecule has 0 aliphatic carbocycles. The van der Waals surface area contributed by atoms with E-state index < -0.39 is 5.82 Å². The van der Waals surface area contributed by atoms with E-state index in [1.165, 1.54) is 24.5 Å². The molecule has 1 unspecified atom stereocenters. The average Bonchev–Trinajstić information content (AvgIpc) is 3.04. The molecule has 4 nitrogen and oxygen atoms in total. The first-order valence-electron chi connectivity index (χ1n) is 7.71. The summed E-state index contributed by atoms with van der Waals surface area (Å²) < 4.78 is 19.4. The monoisotopic (exact) mass is 334 g/mol. The minimum Gasteiger partial charge on any atom is -0.496 e. The van der Waals surface area contributed by atoms with Gasteiger partial charge in [0.25, 0.3) is 5.91 Å². The summed E-state index contributed by atoms with van der Waals surface area (Å²) in [6, 6.07) is 4.87. The van der Waals surface area contributed by atoms with Gasteiger partial charge in [-0.1, -0.05) is 6.07 Å². The van der Waals surface area contributed by atoms with Crippen LogP contribution in [0, 0.1) is 5.82 Å². The second kappa shape index (κ2) is 6.66. The van der Waals surface area contributed by atoms with Gasteiger partial charge >= 0.3 is 0 Å². The first kappa shape index (κ1) is 15.9. The second-order valence-electron chi connectivity index (χ2n) is 5.70. The molecule has 1 atom stereocenters. The van der Waals surface area contributed by atoms with E-state index in [2.05, 4.69) is 11.9 Å². The van der Waals surface area contributed by atoms with Gasteiger partial charge in [-0.05, 0) is 38.3 Å². The number of benzene rings is 1. The first-order valence-corrected chi connectivity index (χ1v) is 8.59. The number of carbonyl (C=O) groups is 1. The van der Waals surface area contributed by atoms with Crippen molar-refractivity contribution in [3.8, 4) is 16.3 Å². The number of piperidine rings is 1. The lowest BCUT2D eigenvalue weighted by molar-refractivity contribution is 0.0630. The maximum Gasteiger partial charge on any atom is 0.273 e. The van der Waals surface area contributed by atoms with Crippen LogP contribution in [-0.4, -0.2) is 35.5 Å². The Morgan fingerprint density at radius 3 is 3.00 bits per heavy atom. The fourth-order valence-corrected chi connectivity index (χ4v) is 3.76. The van der Waals surface area contributed by atoms with Crippen LogP contribution in [0.1, 0.15) is 36.7 Å². The maximum absolute atomic E-state index is 14.1. The highest BCUT2D eigenvalue weighted by Gasteiger charge is 2.26. The van der Waals surface area contributed by atoms with Crippen molar-refractivity contribution in [3.63, 3.8) is 0 Å². The fourth-order valence-electron chi connectivity index (χ4n) is 2.92. The van der Waals surface area contributed by atoms with Crippen molar-refractivity contribution in [2.75, 3.05) is 13.7 Å². The third kappa shape index (κ3) is 3.08. The van der Waals surface area contributed by atoms with E-state index in [1.54, 1.807) is 17.5 Å². The zero-order valence-corrected chi connectivity index (χ0v) is 14.0. The molecule has 122 valence electrons. The number of likely N-dealkylation sites (tertiary alicyclic amines) is 1. The Kier molecular flexibility index (Phi) is 4.61. The van der Waals surface area contributed by atoms with Crippen molar-refractivity contribution >= 4 is 17.2 Å². The molecule has 23 heavy (non-hydrogen) atoms. The Morgan fingerprint density at radius 1 is 1.43 bits per heavy atom. The lowest BCUT2D eigenvalue weighted by atomic mass is 10.0. The van der Waals surface area contributed by atoms with Crippen molar-refractivity contribution in [2.24, 2.45) is 0 Å². The highest BCUT2D eigenvalue weighted by Crippen LogP contribution is 2.34. The molecule has 0 spiro atoms. The van der Waals surface area contributed by atoms with Crippen molar-refractivity contribution in [2.45, 2.75) is 32.2 Å².